The molecule has 148 valence electrons. The lowest BCUT2D eigenvalue weighted by Gasteiger charge is -2.09. The van der Waals surface area contributed by atoms with Crippen molar-refractivity contribution in [2.24, 2.45) is 0 Å². The van der Waals surface area contributed by atoms with Crippen molar-refractivity contribution in [3.63, 3.8) is 0 Å². The standard InChI is InChI=1S/C24H24N2O2S/c1-16-6-4-7-19(12-16)24(28)26-20-8-5-9-22(14-20)29-15-23(27)25-21-11-10-17(2)18(3)13-21/h4-14H,15H2,1-3H3,(H,25,27)(H,26,28). The van der Waals surface area contributed by atoms with Crippen LogP contribution in [0.25, 0.3) is 0 Å². The van der Waals surface area contributed by atoms with Gasteiger partial charge in [-0.2, -0.15) is 0 Å². The summed E-state index contributed by atoms with van der Waals surface area (Å²) < 4.78 is 0. The van der Waals surface area contributed by atoms with E-state index in [4.69, 9.17) is 0 Å². The van der Waals surface area contributed by atoms with Crippen LogP contribution in [0.4, 0.5) is 11.4 Å². The zero-order chi connectivity index (χ0) is 20.8. The molecule has 0 spiro atoms. The highest BCUT2D eigenvalue weighted by atomic mass is 32.2. The molecule has 5 heteroatoms. The second kappa shape index (κ2) is 9.43. The summed E-state index contributed by atoms with van der Waals surface area (Å²) in [6, 6.07) is 20.9. The molecule has 0 bridgehead atoms. The number of rotatable bonds is 6. The smallest absolute Gasteiger partial charge is 0.255 e. The normalized spacial score (nSPS) is 10.4. The Labute approximate surface area is 175 Å². The Morgan fingerprint density at radius 1 is 0.793 bits per heavy atom. The van der Waals surface area contributed by atoms with E-state index in [2.05, 4.69) is 10.6 Å². The molecule has 0 aliphatic heterocycles. The number of carbonyl (C=O) groups is 2. The van der Waals surface area contributed by atoms with Gasteiger partial charge in [0.2, 0.25) is 5.91 Å². The zero-order valence-corrected chi connectivity index (χ0v) is 17.6. The van der Waals surface area contributed by atoms with Crippen molar-refractivity contribution < 1.29 is 9.59 Å². The SMILES string of the molecule is Cc1cccc(C(=O)Nc2cccc(SCC(=O)Nc3ccc(C)c(C)c3)c2)c1. The molecule has 4 nitrogen and oxygen atoms in total. The van der Waals surface area contributed by atoms with Crippen LogP contribution in [-0.4, -0.2) is 17.6 Å². The third kappa shape index (κ3) is 5.96. The quantitative estimate of drug-likeness (QED) is 0.526. The summed E-state index contributed by atoms with van der Waals surface area (Å²) in [6.45, 7) is 6.02. The van der Waals surface area contributed by atoms with E-state index in [1.807, 2.05) is 81.4 Å². The zero-order valence-electron chi connectivity index (χ0n) is 16.8. The van der Waals surface area contributed by atoms with Gasteiger partial charge in [0.1, 0.15) is 0 Å². The minimum absolute atomic E-state index is 0.0625. The van der Waals surface area contributed by atoms with E-state index in [1.54, 1.807) is 6.07 Å². The minimum atomic E-state index is -0.150. The molecule has 0 fully saturated rings. The van der Waals surface area contributed by atoms with Crippen LogP contribution in [0.2, 0.25) is 0 Å². The molecule has 0 saturated heterocycles. The Balaban J connectivity index is 1.57. The molecule has 0 aliphatic carbocycles. The number of hydrogen-bond acceptors (Lipinski definition) is 3. The van der Waals surface area contributed by atoms with Crippen molar-refractivity contribution in [1.29, 1.82) is 0 Å². The predicted octanol–water partition coefficient (Wildman–Crippen LogP) is 5.59. The second-order valence-corrected chi connectivity index (χ2v) is 8.04. The van der Waals surface area contributed by atoms with Crippen LogP contribution in [0.1, 0.15) is 27.0 Å². The number of thioether (sulfide) groups is 1. The van der Waals surface area contributed by atoms with E-state index >= 15 is 0 Å². The summed E-state index contributed by atoms with van der Waals surface area (Å²) in [7, 11) is 0. The molecule has 0 atom stereocenters. The first-order chi connectivity index (χ1) is 13.9. The molecular formula is C24H24N2O2S. The molecule has 3 rings (SSSR count). The summed E-state index contributed by atoms with van der Waals surface area (Å²) in [6.07, 6.45) is 0. The molecule has 0 heterocycles. The fourth-order valence-electron chi connectivity index (χ4n) is 2.82. The lowest BCUT2D eigenvalue weighted by atomic mass is 10.1. The molecule has 3 aromatic rings. The van der Waals surface area contributed by atoms with E-state index in [0.29, 0.717) is 17.0 Å². The van der Waals surface area contributed by atoms with Crippen molar-refractivity contribution in [2.75, 3.05) is 16.4 Å². The number of nitrogens with one attached hydrogen (secondary N) is 2. The first-order valence-electron chi connectivity index (χ1n) is 9.39. The van der Waals surface area contributed by atoms with Gasteiger partial charge in [-0.3, -0.25) is 9.59 Å². The predicted molar refractivity (Wildman–Crippen MR) is 121 cm³/mol. The molecule has 0 saturated carbocycles. The Morgan fingerprint density at radius 3 is 2.31 bits per heavy atom. The molecule has 29 heavy (non-hydrogen) atoms. The molecular weight excluding hydrogens is 380 g/mol. The first kappa shape index (κ1) is 20.7. The maximum Gasteiger partial charge on any atom is 0.255 e. The van der Waals surface area contributed by atoms with Gasteiger partial charge in [0.25, 0.3) is 5.91 Å². The fourth-order valence-corrected chi connectivity index (χ4v) is 3.57. The highest BCUT2D eigenvalue weighted by Gasteiger charge is 2.08. The molecule has 2 amide bonds. The van der Waals surface area contributed by atoms with Crippen molar-refractivity contribution in [1.82, 2.24) is 0 Å². The number of hydrogen-bond donors (Lipinski definition) is 2. The van der Waals surface area contributed by atoms with Crippen molar-refractivity contribution in [3.8, 4) is 0 Å². The average molecular weight is 405 g/mol. The van der Waals surface area contributed by atoms with Crippen LogP contribution in [-0.2, 0) is 4.79 Å². The van der Waals surface area contributed by atoms with Gasteiger partial charge < -0.3 is 10.6 Å². The van der Waals surface area contributed by atoms with Gasteiger partial charge in [-0.15, -0.1) is 11.8 Å². The molecule has 2 N–H and O–H groups in total. The maximum atomic E-state index is 12.4. The second-order valence-electron chi connectivity index (χ2n) is 6.99. The fraction of sp³-hybridized carbons (Fsp3) is 0.167. The third-order valence-electron chi connectivity index (χ3n) is 4.53. The lowest BCUT2D eigenvalue weighted by Crippen LogP contribution is -2.14. The van der Waals surface area contributed by atoms with Gasteiger partial charge in [-0.25, -0.2) is 0 Å². The number of carbonyl (C=O) groups excluding carboxylic acids is 2. The van der Waals surface area contributed by atoms with Crippen LogP contribution in [0, 0.1) is 20.8 Å². The highest BCUT2D eigenvalue weighted by Crippen LogP contribution is 2.23. The summed E-state index contributed by atoms with van der Waals surface area (Å²) >= 11 is 1.43. The van der Waals surface area contributed by atoms with E-state index in [9.17, 15) is 9.59 Å². The third-order valence-corrected chi connectivity index (χ3v) is 5.53. The summed E-state index contributed by atoms with van der Waals surface area (Å²) in [5, 5.41) is 5.84. The van der Waals surface area contributed by atoms with Gasteiger partial charge in [-0.05, 0) is 74.4 Å². The monoisotopic (exact) mass is 404 g/mol. The topological polar surface area (TPSA) is 58.2 Å². The van der Waals surface area contributed by atoms with Gasteiger partial charge in [0.05, 0.1) is 5.75 Å². The van der Waals surface area contributed by atoms with Gasteiger partial charge in [0, 0.05) is 21.8 Å². The molecule has 0 aliphatic rings. The minimum Gasteiger partial charge on any atom is -0.325 e. The molecule has 0 aromatic heterocycles. The Bertz CT molecular complexity index is 1050. The van der Waals surface area contributed by atoms with Crippen LogP contribution in [0.15, 0.2) is 71.6 Å². The van der Waals surface area contributed by atoms with Gasteiger partial charge in [0.15, 0.2) is 0 Å². The van der Waals surface area contributed by atoms with Crippen LogP contribution in [0.3, 0.4) is 0 Å². The summed E-state index contributed by atoms with van der Waals surface area (Å²) in [4.78, 5) is 25.6. The Kier molecular flexibility index (Phi) is 6.73. The van der Waals surface area contributed by atoms with E-state index in [1.165, 1.54) is 17.3 Å². The van der Waals surface area contributed by atoms with Crippen molar-refractivity contribution >= 4 is 35.0 Å². The average Bonchev–Trinajstić information content (AvgIpc) is 2.69. The molecule has 3 aromatic carbocycles. The molecule has 0 unspecified atom stereocenters. The number of amides is 2. The highest BCUT2D eigenvalue weighted by molar-refractivity contribution is 8.00. The summed E-state index contributed by atoms with van der Waals surface area (Å²) in [5.74, 6) is 0.0816. The first-order valence-corrected chi connectivity index (χ1v) is 10.4. The largest absolute Gasteiger partial charge is 0.325 e. The Hall–Kier alpha value is -3.05. The summed E-state index contributed by atoms with van der Waals surface area (Å²) in [5.41, 5.74) is 5.51. The Morgan fingerprint density at radius 2 is 1.55 bits per heavy atom. The van der Waals surface area contributed by atoms with Gasteiger partial charge in [-0.1, -0.05) is 29.8 Å². The van der Waals surface area contributed by atoms with Crippen LogP contribution < -0.4 is 10.6 Å². The van der Waals surface area contributed by atoms with Gasteiger partial charge >= 0.3 is 0 Å². The number of anilines is 2. The lowest BCUT2D eigenvalue weighted by molar-refractivity contribution is -0.113. The van der Waals surface area contributed by atoms with Crippen molar-refractivity contribution in [2.45, 2.75) is 25.7 Å². The van der Waals surface area contributed by atoms with Crippen LogP contribution in [0.5, 0.6) is 0 Å². The number of aryl methyl sites for hydroxylation is 3. The molecule has 0 radical (unpaired) electrons. The van der Waals surface area contributed by atoms with E-state index in [0.717, 1.165) is 21.7 Å². The van der Waals surface area contributed by atoms with E-state index < -0.39 is 0 Å². The van der Waals surface area contributed by atoms with Crippen LogP contribution >= 0.6 is 11.8 Å². The number of benzene rings is 3. The van der Waals surface area contributed by atoms with Crippen molar-refractivity contribution in [3.05, 3.63) is 89.0 Å². The van der Waals surface area contributed by atoms with E-state index in [-0.39, 0.29) is 11.8 Å². The maximum absolute atomic E-state index is 12.4.